The zero-order valence-electron chi connectivity index (χ0n) is 11.3. The molecular formula is C13H26BO2-. The molecule has 0 aromatic rings. The first-order valence-electron chi connectivity index (χ1n) is 6.62. The van der Waals surface area contributed by atoms with Crippen LogP contribution < -0.4 is 0 Å². The number of hydrogen-bond acceptors (Lipinski definition) is 2. The van der Waals surface area contributed by atoms with Crippen molar-refractivity contribution in [2.24, 2.45) is 5.41 Å². The van der Waals surface area contributed by atoms with Gasteiger partial charge in [-0.25, -0.2) is 0 Å². The van der Waals surface area contributed by atoms with E-state index in [0.717, 1.165) is 19.6 Å². The van der Waals surface area contributed by atoms with Crippen molar-refractivity contribution < 1.29 is 9.31 Å². The molecule has 0 bridgehead atoms. The lowest BCUT2D eigenvalue weighted by atomic mass is 9.58. The minimum atomic E-state index is -1.16. The van der Waals surface area contributed by atoms with Gasteiger partial charge in [0.25, 0.3) is 6.55 Å². The molecule has 3 heteroatoms. The Balaban J connectivity index is 2.30. The van der Waals surface area contributed by atoms with Gasteiger partial charge in [0.15, 0.2) is 0 Å². The van der Waals surface area contributed by atoms with Crippen molar-refractivity contribution >= 4 is 6.55 Å². The number of unbranched alkanes of at least 4 members (excludes halogenated alkanes) is 3. The first kappa shape index (κ1) is 13.8. The van der Waals surface area contributed by atoms with Crippen LogP contribution in [0.2, 0.25) is 6.82 Å². The molecule has 0 amide bonds. The van der Waals surface area contributed by atoms with Crippen molar-refractivity contribution in [1.82, 2.24) is 0 Å². The predicted octanol–water partition coefficient (Wildman–Crippen LogP) is 3.81. The molecule has 0 aromatic carbocycles. The van der Waals surface area contributed by atoms with Gasteiger partial charge in [0.05, 0.1) is 0 Å². The normalized spacial score (nSPS) is 23.8. The Morgan fingerprint density at radius 1 is 1.19 bits per heavy atom. The number of hydrogen-bond donors (Lipinski definition) is 0. The SMILES string of the molecule is CCCCC/C=C/[B-]1(C)OCC(C)(C)CO1. The van der Waals surface area contributed by atoms with E-state index >= 15 is 0 Å². The summed E-state index contributed by atoms with van der Waals surface area (Å²) >= 11 is 0. The summed E-state index contributed by atoms with van der Waals surface area (Å²) in [5.41, 5.74) is 0.164. The summed E-state index contributed by atoms with van der Waals surface area (Å²) in [6.07, 6.45) is 7.21. The Kier molecular flexibility index (Phi) is 5.06. The molecule has 0 spiro atoms. The van der Waals surface area contributed by atoms with Crippen LogP contribution in [0.4, 0.5) is 0 Å². The van der Waals surface area contributed by atoms with E-state index in [4.69, 9.17) is 9.31 Å². The van der Waals surface area contributed by atoms with Crippen molar-refractivity contribution in [2.75, 3.05) is 13.2 Å². The lowest BCUT2D eigenvalue weighted by Gasteiger charge is -2.47. The maximum Gasteiger partial charge on any atom is 0.259 e. The van der Waals surface area contributed by atoms with Gasteiger partial charge in [0.2, 0.25) is 0 Å². The van der Waals surface area contributed by atoms with Crippen LogP contribution in [0.25, 0.3) is 0 Å². The van der Waals surface area contributed by atoms with Crippen molar-refractivity contribution in [2.45, 2.75) is 53.3 Å². The molecule has 1 aliphatic heterocycles. The van der Waals surface area contributed by atoms with Gasteiger partial charge in [0, 0.05) is 18.6 Å². The van der Waals surface area contributed by atoms with Gasteiger partial charge in [-0.05, 0) is 12.8 Å². The highest BCUT2D eigenvalue weighted by Gasteiger charge is 2.29. The zero-order chi connectivity index (χ0) is 12.1. The molecule has 0 radical (unpaired) electrons. The molecular weight excluding hydrogens is 199 g/mol. The van der Waals surface area contributed by atoms with E-state index in [-0.39, 0.29) is 5.41 Å². The van der Waals surface area contributed by atoms with Crippen LogP contribution in [0.1, 0.15) is 46.5 Å². The molecule has 1 rings (SSSR count). The fourth-order valence-electron chi connectivity index (χ4n) is 1.84. The summed E-state index contributed by atoms with van der Waals surface area (Å²) < 4.78 is 11.7. The second kappa shape index (κ2) is 5.88. The van der Waals surface area contributed by atoms with Crippen LogP contribution in [0, 0.1) is 5.41 Å². The van der Waals surface area contributed by atoms with Gasteiger partial charge in [-0.3, -0.25) is 0 Å². The Bertz CT molecular complexity index is 226. The van der Waals surface area contributed by atoms with E-state index in [1.54, 1.807) is 0 Å². The smallest absolute Gasteiger partial charge is 0.259 e. The average molecular weight is 225 g/mol. The molecule has 1 aliphatic rings. The molecule has 16 heavy (non-hydrogen) atoms. The summed E-state index contributed by atoms with van der Waals surface area (Å²) in [7, 11) is 0. The van der Waals surface area contributed by atoms with Crippen LogP contribution >= 0.6 is 0 Å². The monoisotopic (exact) mass is 225 g/mol. The first-order chi connectivity index (χ1) is 7.47. The number of allylic oxidation sites excluding steroid dienone is 1. The van der Waals surface area contributed by atoms with Gasteiger partial charge in [-0.1, -0.05) is 33.6 Å². The molecule has 1 fully saturated rings. The maximum atomic E-state index is 5.84. The molecule has 94 valence electrons. The summed E-state index contributed by atoms with van der Waals surface area (Å²) in [5, 5.41) is 0. The lowest BCUT2D eigenvalue weighted by molar-refractivity contribution is 0.0201. The fourth-order valence-corrected chi connectivity index (χ4v) is 1.84. The van der Waals surface area contributed by atoms with E-state index in [2.05, 4.69) is 39.6 Å². The van der Waals surface area contributed by atoms with Crippen LogP contribution in [0.15, 0.2) is 12.1 Å². The summed E-state index contributed by atoms with van der Waals surface area (Å²) in [5.74, 6) is 2.13. The molecule has 1 heterocycles. The highest BCUT2D eigenvalue weighted by atomic mass is 16.6. The second-order valence-electron chi connectivity index (χ2n) is 5.88. The quantitative estimate of drug-likeness (QED) is 0.523. The van der Waals surface area contributed by atoms with Gasteiger partial charge in [0.1, 0.15) is 0 Å². The van der Waals surface area contributed by atoms with Crippen molar-refractivity contribution in [3.8, 4) is 0 Å². The third-order valence-electron chi connectivity index (χ3n) is 3.07. The van der Waals surface area contributed by atoms with Gasteiger partial charge < -0.3 is 9.31 Å². The topological polar surface area (TPSA) is 18.5 Å². The molecule has 1 saturated heterocycles. The van der Waals surface area contributed by atoms with E-state index in [9.17, 15) is 0 Å². The van der Waals surface area contributed by atoms with Crippen LogP contribution in [0.3, 0.4) is 0 Å². The van der Waals surface area contributed by atoms with E-state index < -0.39 is 6.55 Å². The van der Waals surface area contributed by atoms with Crippen molar-refractivity contribution in [1.29, 1.82) is 0 Å². The third kappa shape index (κ3) is 4.71. The Morgan fingerprint density at radius 3 is 2.38 bits per heavy atom. The summed E-state index contributed by atoms with van der Waals surface area (Å²) in [4.78, 5) is 0. The van der Waals surface area contributed by atoms with Crippen LogP contribution in [-0.2, 0) is 9.31 Å². The van der Waals surface area contributed by atoms with Gasteiger partial charge in [-0.15, -0.1) is 12.9 Å². The fraction of sp³-hybridized carbons (Fsp3) is 0.846. The molecule has 0 atom stereocenters. The lowest BCUT2D eigenvalue weighted by Crippen LogP contribution is -2.48. The van der Waals surface area contributed by atoms with E-state index in [1.165, 1.54) is 19.3 Å². The maximum absolute atomic E-state index is 5.84. The second-order valence-corrected chi connectivity index (χ2v) is 5.88. The third-order valence-corrected chi connectivity index (χ3v) is 3.07. The highest BCUT2D eigenvalue weighted by Crippen LogP contribution is 2.27. The average Bonchev–Trinajstić information content (AvgIpc) is 2.23. The Labute approximate surface area is 100 Å². The molecule has 0 saturated carbocycles. The number of rotatable bonds is 5. The highest BCUT2D eigenvalue weighted by molar-refractivity contribution is 6.71. The molecule has 2 nitrogen and oxygen atoms in total. The molecule has 0 aromatic heterocycles. The van der Waals surface area contributed by atoms with Crippen LogP contribution in [-0.4, -0.2) is 19.8 Å². The van der Waals surface area contributed by atoms with E-state index in [0.29, 0.717) is 0 Å². The first-order valence-corrected chi connectivity index (χ1v) is 6.62. The largest absolute Gasteiger partial charge is 0.564 e. The van der Waals surface area contributed by atoms with Crippen LogP contribution in [0.5, 0.6) is 0 Å². The zero-order valence-corrected chi connectivity index (χ0v) is 11.3. The predicted molar refractivity (Wildman–Crippen MR) is 70.6 cm³/mol. The summed E-state index contributed by atoms with van der Waals surface area (Å²) in [6.45, 7) is 9.07. The van der Waals surface area contributed by atoms with Gasteiger partial charge in [-0.2, -0.15) is 5.98 Å². The summed E-state index contributed by atoms with van der Waals surface area (Å²) in [6, 6.07) is 0. The van der Waals surface area contributed by atoms with Gasteiger partial charge >= 0.3 is 0 Å². The van der Waals surface area contributed by atoms with E-state index in [1.807, 2.05) is 0 Å². The van der Waals surface area contributed by atoms with Crippen molar-refractivity contribution in [3.63, 3.8) is 0 Å². The van der Waals surface area contributed by atoms with Crippen molar-refractivity contribution in [3.05, 3.63) is 12.1 Å². The standard InChI is InChI=1S/C13H26BO2/c1-5-6-7-8-9-10-14(4)15-11-13(2,3)12-16-14/h9-10H,5-8,11-12H2,1-4H3/q-1/b10-9+. The Morgan fingerprint density at radius 2 is 1.81 bits per heavy atom. The molecule has 0 unspecified atom stereocenters. The molecule has 0 N–H and O–H groups in total. The minimum absolute atomic E-state index is 0.164. The Hall–Kier alpha value is -0.275. The minimum Gasteiger partial charge on any atom is -0.564 e. The molecule has 0 aliphatic carbocycles.